The van der Waals surface area contributed by atoms with E-state index >= 15 is 0 Å². The molecule has 1 N–H and O–H groups in total. The summed E-state index contributed by atoms with van der Waals surface area (Å²) in [6.45, 7) is 5.46. The Bertz CT molecular complexity index is 430. The lowest BCUT2D eigenvalue weighted by molar-refractivity contribution is 0.148. The quantitative estimate of drug-likeness (QED) is 0.780. The number of benzene rings is 1. The molecule has 1 aromatic carbocycles. The Kier molecular flexibility index (Phi) is 5.38. The summed E-state index contributed by atoms with van der Waals surface area (Å²) in [5, 5.41) is 3.45. The van der Waals surface area contributed by atoms with Gasteiger partial charge in [-0.1, -0.05) is 19.1 Å². The van der Waals surface area contributed by atoms with Gasteiger partial charge in [-0.2, -0.15) is 0 Å². The zero-order chi connectivity index (χ0) is 14.4. The number of hydrogen-bond acceptors (Lipinski definition) is 3. The van der Waals surface area contributed by atoms with Crippen LogP contribution in [0.25, 0.3) is 0 Å². The van der Waals surface area contributed by atoms with Crippen LogP contribution in [0.15, 0.2) is 18.2 Å². The summed E-state index contributed by atoms with van der Waals surface area (Å²) in [4.78, 5) is 0. The van der Waals surface area contributed by atoms with E-state index in [0.717, 1.165) is 32.5 Å². The Labute approximate surface area is 120 Å². The van der Waals surface area contributed by atoms with E-state index in [1.165, 1.54) is 7.11 Å². The molecule has 0 aromatic heterocycles. The molecule has 1 aliphatic rings. The lowest BCUT2D eigenvalue weighted by atomic mass is 9.80. The lowest BCUT2D eigenvalue weighted by Crippen LogP contribution is -2.37. The molecule has 1 unspecified atom stereocenters. The average molecular weight is 281 g/mol. The van der Waals surface area contributed by atoms with E-state index in [2.05, 4.69) is 12.2 Å². The highest BCUT2D eigenvalue weighted by molar-refractivity contribution is 5.32. The zero-order valence-electron chi connectivity index (χ0n) is 12.4. The Morgan fingerprint density at radius 2 is 2.30 bits per heavy atom. The number of ether oxygens (including phenoxy) is 2. The van der Waals surface area contributed by atoms with Gasteiger partial charge in [-0.3, -0.25) is 0 Å². The summed E-state index contributed by atoms with van der Waals surface area (Å²) in [5.74, 6) is 0.0786. The van der Waals surface area contributed by atoms with E-state index in [1.54, 1.807) is 6.07 Å². The van der Waals surface area contributed by atoms with E-state index in [4.69, 9.17) is 9.47 Å². The molecule has 1 saturated heterocycles. The van der Waals surface area contributed by atoms with Crippen LogP contribution in [0.2, 0.25) is 0 Å². The molecule has 2 rings (SSSR count). The van der Waals surface area contributed by atoms with Gasteiger partial charge < -0.3 is 14.8 Å². The standard InChI is InChI=1S/C16H24FNO2/c1-3-8-18-11-16(7-9-20-12-16)10-13-5-4-6-14(19-2)15(13)17/h4-6,18H,3,7-12H2,1-2H3. The Balaban J connectivity index is 2.12. The van der Waals surface area contributed by atoms with Crippen LogP contribution in [-0.2, 0) is 11.2 Å². The van der Waals surface area contributed by atoms with Crippen molar-refractivity contribution in [2.45, 2.75) is 26.2 Å². The first-order valence-corrected chi connectivity index (χ1v) is 7.30. The van der Waals surface area contributed by atoms with E-state index in [0.29, 0.717) is 24.3 Å². The van der Waals surface area contributed by atoms with Crippen LogP contribution in [0.3, 0.4) is 0 Å². The van der Waals surface area contributed by atoms with E-state index < -0.39 is 0 Å². The van der Waals surface area contributed by atoms with Crippen molar-refractivity contribution in [3.63, 3.8) is 0 Å². The van der Waals surface area contributed by atoms with Gasteiger partial charge >= 0.3 is 0 Å². The van der Waals surface area contributed by atoms with Crippen molar-refractivity contribution in [3.8, 4) is 5.75 Å². The zero-order valence-corrected chi connectivity index (χ0v) is 12.4. The average Bonchev–Trinajstić information content (AvgIpc) is 2.90. The van der Waals surface area contributed by atoms with Gasteiger partial charge in [0.15, 0.2) is 11.6 Å². The summed E-state index contributed by atoms with van der Waals surface area (Å²) < 4.78 is 24.9. The van der Waals surface area contributed by atoms with E-state index in [1.807, 2.05) is 12.1 Å². The van der Waals surface area contributed by atoms with Crippen molar-refractivity contribution in [2.24, 2.45) is 5.41 Å². The molecule has 112 valence electrons. The number of hydrogen-bond donors (Lipinski definition) is 1. The molecule has 0 amide bonds. The molecule has 0 saturated carbocycles. The lowest BCUT2D eigenvalue weighted by Gasteiger charge is -2.28. The maximum absolute atomic E-state index is 14.3. The van der Waals surface area contributed by atoms with Gasteiger partial charge in [-0.15, -0.1) is 0 Å². The topological polar surface area (TPSA) is 30.5 Å². The van der Waals surface area contributed by atoms with Crippen molar-refractivity contribution in [1.29, 1.82) is 0 Å². The smallest absolute Gasteiger partial charge is 0.168 e. The predicted molar refractivity (Wildman–Crippen MR) is 77.7 cm³/mol. The SMILES string of the molecule is CCCNCC1(Cc2cccc(OC)c2F)CCOC1. The first-order chi connectivity index (χ1) is 9.71. The van der Waals surface area contributed by atoms with E-state index in [-0.39, 0.29) is 11.2 Å². The fourth-order valence-corrected chi connectivity index (χ4v) is 2.78. The van der Waals surface area contributed by atoms with Gasteiger partial charge in [0.25, 0.3) is 0 Å². The Hall–Kier alpha value is -1.13. The summed E-state index contributed by atoms with van der Waals surface area (Å²) in [5.41, 5.74) is 0.718. The van der Waals surface area contributed by atoms with Crippen LogP contribution in [0, 0.1) is 11.2 Å². The van der Waals surface area contributed by atoms with Crippen LogP contribution >= 0.6 is 0 Å². The number of nitrogens with one attached hydrogen (secondary N) is 1. The second kappa shape index (κ2) is 7.04. The normalized spacial score (nSPS) is 22.1. The molecule has 1 aromatic rings. The molecule has 20 heavy (non-hydrogen) atoms. The third-order valence-corrected chi connectivity index (χ3v) is 3.94. The molecule has 1 atom stereocenters. The molecule has 1 aliphatic heterocycles. The fraction of sp³-hybridized carbons (Fsp3) is 0.625. The molecule has 4 heteroatoms. The van der Waals surface area contributed by atoms with Crippen LogP contribution in [0.4, 0.5) is 4.39 Å². The molecular weight excluding hydrogens is 257 g/mol. The van der Waals surface area contributed by atoms with Crippen molar-refractivity contribution in [2.75, 3.05) is 33.4 Å². The fourth-order valence-electron chi connectivity index (χ4n) is 2.78. The third kappa shape index (κ3) is 3.49. The van der Waals surface area contributed by atoms with Crippen molar-refractivity contribution in [3.05, 3.63) is 29.6 Å². The van der Waals surface area contributed by atoms with Crippen LogP contribution in [-0.4, -0.2) is 33.4 Å². The Morgan fingerprint density at radius 1 is 1.45 bits per heavy atom. The first-order valence-electron chi connectivity index (χ1n) is 7.30. The maximum Gasteiger partial charge on any atom is 0.168 e. The van der Waals surface area contributed by atoms with Crippen molar-refractivity contribution in [1.82, 2.24) is 5.32 Å². The molecule has 0 bridgehead atoms. The van der Waals surface area contributed by atoms with Gasteiger partial charge in [0.1, 0.15) is 0 Å². The van der Waals surface area contributed by atoms with Crippen molar-refractivity contribution >= 4 is 0 Å². The van der Waals surface area contributed by atoms with Gasteiger partial charge in [0, 0.05) is 18.6 Å². The summed E-state index contributed by atoms with van der Waals surface area (Å²) in [6.07, 6.45) is 2.76. The molecule has 1 fully saturated rings. The maximum atomic E-state index is 14.3. The third-order valence-electron chi connectivity index (χ3n) is 3.94. The monoisotopic (exact) mass is 281 g/mol. The first kappa shape index (κ1) is 15.3. The molecule has 0 spiro atoms. The van der Waals surface area contributed by atoms with Gasteiger partial charge in [0.05, 0.1) is 13.7 Å². The molecule has 0 aliphatic carbocycles. The highest BCUT2D eigenvalue weighted by atomic mass is 19.1. The van der Waals surface area contributed by atoms with Crippen molar-refractivity contribution < 1.29 is 13.9 Å². The van der Waals surface area contributed by atoms with Crippen LogP contribution in [0.5, 0.6) is 5.75 Å². The van der Waals surface area contributed by atoms with Gasteiger partial charge in [-0.05, 0) is 37.4 Å². The second-order valence-corrected chi connectivity index (χ2v) is 5.59. The van der Waals surface area contributed by atoms with E-state index in [9.17, 15) is 4.39 Å². The van der Waals surface area contributed by atoms with Gasteiger partial charge in [0.2, 0.25) is 0 Å². The number of rotatable bonds is 7. The van der Waals surface area contributed by atoms with Gasteiger partial charge in [-0.25, -0.2) is 4.39 Å². The van der Waals surface area contributed by atoms with Crippen LogP contribution < -0.4 is 10.1 Å². The predicted octanol–water partition coefficient (Wildman–Crippen LogP) is 2.78. The second-order valence-electron chi connectivity index (χ2n) is 5.59. The molecule has 3 nitrogen and oxygen atoms in total. The highest BCUT2D eigenvalue weighted by Crippen LogP contribution is 2.34. The molecule has 1 heterocycles. The highest BCUT2D eigenvalue weighted by Gasteiger charge is 2.35. The minimum atomic E-state index is -0.239. The van der Waals surface area contributed by atoms with Crippen LogP contribution in [0.1, 0.15) is 25.3 Å². The minimum Gasteiger partial charge on any atom is -0.494 e. The summed E-state index contributed by atoms with van der Waals surface area (Å²) >= 11 is 0. The Morgan fingerprint density at radius 3 is 2.95 bits per heavy atom. The number of halogens is 1. The summed E-state index contributed by atoms with van der Waals surface area (Å²) in [7, 11) is 1.50. The molecule has 0 radical (unpaired) electrons. The number of methoxy groups -OCH3 is 1. The minimum absolute atomic E-state index is 0.00236. The summed E-state index contributed by atoms with van der Waals surface area (Å²) in [6, 6.07) is 5.35. The largest absolute Gasteiger partial charge is 0.494 e. The molecular formula is C16H24FNO2.